The van der Waals surface area contributed by atoms with Crippen molar-refractivity contribution in [2.24, 2.45) is 34.5 Å². The molecule has 3 N–H and O–H groups in total. The molecule has 0 aromatic carbocycles. The molecule has 4 aliphatic rings. The number of methoxy groups -OCH3 is 1. The molecule has 7 nitrogen and oxygen atoms in total. The Bertz CT molecular complexity index is 834. The van der Waals surface area contributed by atoms with Gasteiger partial charge >= 0.3 is 11.9 Å². The number of esters is 1. The van der Waals surface area contributed by atoms with E-state index in [1.807, 2.05) is 6.92 Å². The van der Waals surface area contributed by atoms with Crippen LogP contribution in [0.2, 0.25) is 0 Å². The molecule has 8 atom stereocenters. The minimum atomic E-state index is -1.10. The first kappa shape index (κ1) is 22.5. The first-order valence-corrected chi connectivity index (χ1v) is 11.4. The zero-order chi connectivity index (χ0) is 22.8. The van der Waals surface area contributed by atoms with Crippen LogP contribution in [-0.2, 0) is 19.1 Å². The predicted octanol–water partition coefficient (Wildman–Crippen LogP) is 2.48. The van der Waals surface area contributed by atoms with E-state index in [0.717, 1.165) is 12.8 Å². The monoisotopic (exact) mass is 434 g/mol. The lowest BCUT2D eigenvalue weighted by Gasteiger charge is -2.61. The van der Waals surface area contributed by atoms with Crippen molar-refractivity contribution in [3.05, 3.63) is 11.6 Å². The summed E-state index contributed by atoms with van der Waals surface area (Å²) in [6, 6.07) is 0. The maximum atomic E-state index is 12.9. The molecule has 0 amide bonds. The standard InChI is InChI=1S/C24H34O7/c1-22-8-4-13(25)12-16(22)20(28)19(21(29)31-3)18-14(22)5-9-23(2)15(18)6-10-24(23,30)11-7-17(26)27/h12,14-15,18-20,28,30H,4-11H2,1-3H3,(H,26,27)/t14-,15-,18+,19-,20-,22+,23-,24+/m0/s1. The number of carboxylic acid groups (broad SMARTS) is 1. The molecular weight excluding hydrogens is 400 g/mol. The lowest BCUT2D eigenvalue weighted by atomic mass is 9.43. The molecule has 0 radical (unpaired) electrons. The summed E-state index contributed by atoms with van der Waals surface area (Å²) < 4.78 is 5.11. The van der Waals surface area contributed by atoms with Gasteiger partial charge in [-0.1, -0.05) is 13.8 Å². The second-order valence-electron chi connectivity index (χ2n) is 10.7. The van der Waals surface area contributed by atoms with Crippen LogP contribution >= 0.6 is 0 Å². The van der Waals surface area contributed by atoms with Gasteiger partial charge in [-0.3, -0.25) is 14.4 Å². The van der Waals surface area contributed by atoms with E-state index in [2.05, 4.69) is 6.92 Å². The van der Waals surface area contributed by atoms with Crippen LogP contribution in [0.25, 0.3) is 0 Å². The number of ether oxygens (including phenoxy) is 1. The summed E-state index contributed by atoms with van der Waals surface area (Å²) in [4.78, 5) is 36.3. The van der Waals surface area contributed by atoms with Gasteiger partial charge in [0.25, 0.3) is 0 Å². The van der Waals surface area contributed by atoms with E-state index in [4.69, 9.17) is 4.74 Å². The Morgan fingerprint density at radius 1 is 1.16 bits per heavy atom. The minimum absolute atomic E-state index is 0.0156. The molecular formula is C24H34O7. The van der Waals surface area contributed by atoms with E-state index >= 15 is 0 Å². The molecule has 0 heterocycles. The molecule has 172 valence electrons. The predicted molar refractivity (Wildman–Crippen MR) is 111 cm³/mol. The van der Waals surface area contributed by atoms with Gasteiger partial charge < -0.3 is 20.1 Å². The van der Waals surface area contributed by atoms with Crippen molar-refractivity contribution in [3.8, 4) is 0 Å². The number of hydrogen-bond acceptors (Lipinski definition) is 6. The molecule has 0 unspecified atom stereocenters. The summed E-state index contributed by atoms with van der Waals surface area (Å²) in [6.45, 7) is 4.13. The number of ketones is 1. The molecule has 0 bridgehead atoms. The number of fused-ring (bicyclic) bond motifs is 5. The average Bonchev–Trinajstić information content (AvgIpc) is 2.99. The number of carboxylic acids is 1. The Labute approximate surface area is 182 Å². The van der Waals surface area contributed by atoms with Crippen LogP contribution in [0.1, 0.15) is 65.2 Å². The van der Waals surface area contributed by atoms with Crippen LogP contribution in [0.5, 0.6) is 0 Å². The van der Waals surface area contributed by atoms with Gasteiger partial charge in [-0.2, -0.15) is 0 Å². The van der Waals surface area contributed by atoms with E-state index in [1.54, 1.807) is 6.08 Å². The van der Waals surface area contributed by atoms with Crippen molar-refractivity contribution >= 4 is 17.7 Å². The van der Waals surface area contributed by atoms with Crippen LogP contribution in [0.3, 0.4) is 0 Å². The van der Waals surface area contributed by atoms with Gasteiger partial charge in [0.1, 0.15) is 0 Å². The van der Waals surface area contributed by atoms with Gasteiger partial charge in [-0.05, 0) is 78.8 Å². The van der Waals surface area contributed by atoms with E-state index in [-0.39, 0.29) is 41.8 Å². The number of rotatable bonds is 4. The van der Waals surface area contributed by atoms with Gasteiger partial charge in [0.2, 0.25) is 0 Å². The maximum Gasteiger partial charge on any atom is 0.311 e. The quantitative estimate of drug-likeness (QED) is 0.581. The molecule has 0 aromatic rings. The lowest BCUT2D eigenvalue weighted by molar-refractivity contribution is -0.180. The molecule has 0 aliphatic heterocycles. The largest absolute Gasteiger partial charge is 0.481 e. The van der Waals surface area contributed by atoms with Gasteiger partial charge in [0.15, 0.2) is 5.78 Å². The maximum absolute atomic E-state index is 12.9. The van der Waals surface area contributed by atoms with Crippen molar-refractivity contribution in [3.63, 3.8) is 0 Å². The lowest BCUT2D eigenvalue weighted by Crippen LogP contribution is -2.61. The highest BCUT2D eigenvalue weighted by Gasteiger charge is 2.68. The second-order valence-corrected chi connectivity index (χ2v) is 10.7. The third kappa shape index (κ3) is 3.10. The van der Waals surface area contributed by atoms with Crippen molar-refractivity contribution in [2.45, 2.75) is 76.9 Å². The Morgan fingerprint density at radius 2 is 1.84 bits per heavy atom. The zero-order valence-electron chi connectivity index (χ0n) is 18.6. The molecule has 3 fully saturated rings. The van der Waals surface area contributed by atoms with E-state index in [0.29, 0.717) is 31.3 Å². The van der Waals surface area contributed by atoms with Crippen molar-refractivity contribution < 1.29 is 34.4 Å². The number of aliphatic hydroxyl groups is 2. The molecule has 0 aromatic heterocycles. The number of carbonyl (C=O) groups excluding carboxylic acids is 2. The SMILES string of the molecule is COC(=O)[C@H]1[C@@H]2[C@H](CC[C@@]3(C)[C@H]2CC[C@@]3(O)CCC(=O)O)[C@@]2(C)CCC(=O)C=C2[C@@H]1O. The Balaban J connectivity index is 1.78. The number of hydrogen-bond donors (Lipinski definition) is 3. The number of carbonyl (C=O) groups is 3. The summed E-state index contributed by atoms with van der Waals surface area (Å²) in [7, 11) is 1.32. The third-order valence-corrected chi connectivity index (χ3v) is 9.64. The highest BCUT2D eigenvalue weighted by molar-refractivity contribution is 5.92. The first-order chi connectivity index (χ1) is 14.5. The minimum Gasteiger partial charge on any atom is -0.481 e. The summed E-state index contributed by atoms with van der Waals surface area (Å²) in [5.41, 5.74) is -1.35. The number of aliphatic hydroxyl groups excluding tert-OH is 1. The van der Waals surface area contributed by atoms with Gasteiger partial charge in [0.05, 0.1) is 24.7 Å². The average molecular weight is 435 g/mol. The Morgan fingerprint density at radius 3 is 2.48 bits per heavy atom. The third-order valence-electron chi connectivity index (χ3n) is 9.64. The summed E-state index contributed by atoms with van der Waals surface area (Å²) in [5, 5.41) is 32.1. The normalized spacial score (nSPS) is 46.4. The van der Waals surface area contributed by atoms with Crippen molar-refractivity contribution in [1.82, 2.24) is 0 Å². The van der Waals surface area contributed by atoms with E-state index in [1.165, 1.54) is 7.11 Å². The number of aliphatic carboxylic acids is 1. The van der Waals surface area contributed by atoms with E-state index < -0.39 is 35.0 Å². The first-order valence-electron chi connectivity index (χ1n) is 11.4. The summed E-state index contributed by atoms with van der Waals surface area (Å²) >= 11 is 0. The van der Waals surface area contributed by atoms with Crippen LogP contribution < -0.4 is 0 Å². The van der Waals surface area contributed by atoms with Crippen LogP contribution in [-0.4, -0.2) is 51.9 Å². The molecule has 31 heavy (non-hydrogen) atoms. The molecule has 3 saturated carbocycles. The van der Waals surface area contributed by atoms with Crippen LogP contribution in [0, 0.1) is 34.5 Å². The van der Waals surface area contributed by atoms with Crippen LogP contribution in [0.4, 0.5) is 0 Å². The highest BCUT2D eigenvalue weighted by atomic mass is 16.5. The van der Waals surface area contributed by atoms with Gasteiger partial charge in [-0.15, -0.1) is 0 Å². The molecule has 7 heteroatoms. The fraction of sp³-hybridized carbons (Fsp3) is 0.792. The second kappa shape index (κ2) is 7.41. The Kier molecular flexibility index (Phi) is 5.37. The van der Waals surface area contributed by atoms with E-state index in [9.17, 15) is 29.7 Å². The summed E-state index contributed by atoms with van der Waals surface area (Å²) in [6.07, 6.45) is 4.31. The Hall–Kier alpha value is -1.73. The fourth-order valence-corrected chi connectivity index (χ4v) is 7.86. The van der Waals surface area contributed by atoms with Crippen molar-refractivity contribution in [1.29, 1.82) is 0 Å². The fourth-order valence-electron chi connectivity index (χ4n) is 7.86. The topological polar surface area (TPSA) is 121 Å². The molecule has 4 aliphatic carbocycles. The molecule has 0 saturated heterocycles. The zero-order valence-corrected chi connectivity index (χ0v) is 18.6. The van der Waals surface area contributed by atoms with Crippen LogP contribution in [0.15, 0.2) is 11.6 Å². The molecule has 4 rings (SSSR count). The molecule has 0 spiro atoms. The smallest absolute Gasteiger partial charge is 0.311 e. The highest BCUT2D eigenvalue weighted by Crippen LogP contribution is 2.69. The van der Waals surface area contributed by atoms with Gasteiger partial charge in [-0.25, -0.2) is 0 Å². The van der Waals surface area contributed by atoms with Crippen molar-refractivity contribution in [2.75, 3.05) is 7.11 Å². The van der Waals surface area contributed by atoms with Gasteiger partial charge in [0, 0.05) is 12.8 Å². The summed E-state index contributed by atoms with van der Waals surface area (Å²) in [5.74, 6) is -2.32.